The molecule has 0 aliphatic carbocycles. The normalized spacial score (nSPS) is 12.1. The molecule has 7 heteroatoms. The van der Waals surface area contributed by atoms with Crippen LogP contribution in [0.2, 0.25) is 0 Å². The van der Waals surface area contributed by atoms with Gasteiger partial charge in [-0.15, -0.1) is 24.0 Å². The molecule has 0 aliphatic rings. The van der Waals surface area contributed by atoms with Gasteiger partial charge in [0, 0.05) is 32.5 Å². The average molecular weight is 533 g/mol. The summed E-state index contributed by atoms with van der Waals surface area (Å²) in [6, 6.07) is 20.6. The van der Waals surface area contributed by atoms with Crippen LogP contribution >= 0.6 is 24.0 Å². The van der Waals surface area contributed by atoms with Gasteiger partial charge in [0.05, 0.1) is 19.8 Å². The van der Waals surface area contributed by atoms with Crippen molar-refractivity contribution < 1.29 is 4.74 Å². The van der Waals surface area contributed by atoms with Crippen molar-refractivity contribution in [3.63, 3.8) is 0 Å². The minimum atomic E-state index is 0. The Morgan fingerprint density at radius 3 is 2.48 bits per heavy atom. The van der Waals surface area contributed by atoms with Gasteiger partial charge in [0.1, 0.15) is 0 Å². The molecule has 0 bridgehead atoms. The zero-order valence-electron chi connectivity index (χ0n) is 18.2. The quantitative estimate of drug-likeness (QED) is 0.235. The van der Waals surface area contributed by atoms with Crippen molar-refractivity contribution in [1.29, 1.82) is 0 Å². The lowest BCUT2D eigenvalue weighted by molar-refractivity contribution is 0.0931. The van der Waals surface area contributed by atoms with E-state index in [-0.39, 0.29) is 24.0 Å². The molecule has 1 unspecified atom stereocenters. The van der Waals surface area contributed by atoms with E-state index in [4.69, 9.17) is 4.74 Å². The van der Waals surface area contributed by atoms with Gasteiger partial charge >= 0.3 is 0 Å². The van der Waals surface area contributed by atoms with Gasteiger partial charge in [0.15, 0.2) is 5.96 Å². The fourth-order valence-electron chi connectivity index (χ4n) is 3.13. The molecule has 0 saturated heterocycles. The van der Waals surface area contributed by atoms with Crippen LogP contribution in [0.25, 0.3) is 0 Å². The molecule has 0 amide bonds. The zero-order chi connectivity index (χ0) is 21.0. The van der Waals surface area contributed by atoms with Crippen molar-refractivity contribution in [2.45, 2.75) is 26.6 Å². The molecule has 0 saturated carbocycles. The molecule has 1 atom stereocenters. The minimum Gasteiger partial charge on any atom is -0.376 e. The van der Waals surface area contributed by atoms with Crippen LogP contribution < -0.4 is 10.6 Å². The van der Waals surface area contributed by atoms with Crippen molar-refractivity contribution >= 4 is 29.9 Å². The molecular weight excluding hydrogens is 501 g/mol. The summed E-state index contributed by atoms with van der Waals surface area (Å²) in [6.07, 6.45) is 3.78. The highest BCUT2D eigenvalue weighted by molar-refractivity contribution is 14.0. The number of nitrogens with zero attached hydrogens (tertiary/aromatic N) is 3. The number of benzene rings is 2. The number of nitrogens with one attached hydrogen (secondary N) is 2. The van der Waals surface area contributed by atoms with Crippen LogP contribution in [0.15, 0.2) is 78.0 Å². The third-order valence-corrected chi connectivity index (χ3v) is 4.81. The van der Waals surface area contributed by atoms with Crippen LogP contribution in [0.3, 0.4) is 0 Å². The van der Waals surface area contributed by atoms with Crippen LogP contribution in [0, 0.1) is 5.92 Å². The lowest BCUT2D eigenvalue weighted by Gasteiger charge is -2.17. The highest BCUT2D eigenvalue weighted by atomic mass is 127. The third-order valence-electron chi connectivity index (χ3n) is 4.81. The summed E-state index contributed by atoms with van der Waals surface area (Å²) >= 11 is 0. The fraction of sp³-hybridized carbons (Fsp3) is 0.333. The first-order valence-corrected chi connectivity index (χ1v) is 10.3. The van der Waals surface area contributed by atoms with Crippen LogP contribution in [0.4, 0.5) is 0 Å². The Balaban J connectivity index is 0.00000341. The number of aromatic nitrogens is 2. The summed E-state index contributed by atoms with van der Waals surface area (Å²) in [5.41, 5.74) is 3.67. The van der Waals surface area contributed by atoms with Crippen LogP contribution in [-0.2, 0) is 24.4 Å². The second-order valence-electron chi connectivity index (χ2n) is 7.38. The maximum absolute atomic E-state index is 5.83. The van der Waals surface area contributed by atoms with Crippen LogP contribution in [0.1, 0.15) is 23.6 Å². The third kappa shape index (κ3) is 8.70. The number of rotatable bonds is 10. The van der Waals surface area contributed by atoms with E-state index in [1.165, 1.54) is 16.7 Å². The Bertz CT molecular complexity index is 899. The predicted octanol–water partition coefficient (Wildman–Crippen LogP) is 4.07. The van der Waals surface area contributed by atoms with Gasteiger partial charge in [-0.3, -0.25) is 9.67 Å². The molecule has 3 rings (SSSR count). The maximum Gasteiger partial charge on any atom is 0.191 e. The summed E-state index contributed by atoms with van der Waals surface area (Å²) < 4.78 is 7.77. The Kier molecular flexibility index (Phi) is 11.1. The number of ether oxygens (including phenoxy) is 1. The van der Waals surface area contributed by atoms with Gasteiger partial charge in [-0.25, -0.2) is 0 Å². The molecule has 0 fully saturated rings. The SMILES string of the molecule is CN=C(NCc1ccccc1Cn1cccn1)NCC(C)COCc1ccccc1.I. The number of halogens is 1. The first-order chi connectivity index (χ1) is 14.7. The first kappa shape index (κ1) is 24.9. The Hall–Kier alpha value is -2.39. The van der Waals surface area contributed by atoms with Crippen molar-refractivity contribution in [2.75, 3.05) is 20.2 Å². The second-order valence-corrected chi connectivity index (χ2v) is 7.38. The van der Waals surface area contributed by atoms with E-state index in [2.05, 4.69) is 64.0 Å². The lowest BCUT2D eigenvalue weighted by atomic mass is 10.1. The average Bonchev–Trinajstić information content (AvgIpc) is 3.29. The lowest BCUT2D eigenvalue weighted by Crippen LogP contribution is -2.39. The minimum absolute atomic E-state index is 0. The highest BCUT2D eigenvalue weighted by Crippen LogP contribution is 2.10. The summed E-state index contributed by atoms with van der Waals surface area (Å²) in [7, 11) is 1.79. The van der Waals surface area contributed by atoms with E-state index in [9.17, 15) is 0 Å². The molecule has 0 spiro atoms. The van der Waals surface area contributed by atoms with Gasteiger partial charge in [0.2, 0.25) is 0 Å². The van der Waals surface area contributed by atoms with Gasteiger partial charge in [0.25, 0.3) is 0 Å². The van der Waals surface area contributed by atoms with E-state index < -0.39 is 0 Å². The Labute approximate surface area is 202 Å². The van der Waals surface area contributed by atoms with Gasteiger partial charge < -0.3 is 15.4 Å². The molecule has 1 aromatic heterocycles. The van der Waals surface area contributed by atoms with E-state index in [1.54, 1.807) is 13.2 Å². The number of hydrogen-bond acceptors (Lipinski definition) is 3. The van der Waals surface area contributed by atoms with Crippen molar-refractivity contribution in [2.24, 2.45) is 10.9 Å². The smallest absolute Gasteiger partial charge is 0.191 e. The summed E-state index contributed by atoms with van der Waals surface area (Å²) in [5.74, 6) is 1.16. The summed E-state index contributed by atoms with van der Waals surface area (Å²) in [4.78, 5) is 4.34. The molecule has 31 heavy (non-hydrogen) atoms. The fourth-order valence-corrected chi connectivity index (χ4v) is 3.13. The molecule has 3 aromatic rings. The van der Waals surface area contributed by atoms with Gasteiger partial charge in [-0.1, -0.05) is 61.5 Å². The van der Waals surface area contributed by atoms with E-state index in [1.807, 2.05) is 35.1 Å². The summed E-state index contributed by atoms with van der Waals surface area (Å²) in [5, 5.41) is 11.1. The van der Waals surface area contributed by atoms with Crippen molar-refractivity contribution in [3.8, 4) is 0 Å². The second kappa shape index (κ2) is 13.8. The molecule has 0 radical (unpaired) electrons. The molecule has 0 aliphatic heterocycles. The Morgan fingerprint density at radius 1 is 1.03 bits per heavy atom. The predicted molar refractivity (Wildman–Crippen MR) is 137 cm³/mol. The molecule has 166 valence electrons. The van der Waals surface area contributed by atoms with E-state index in [0.29, 0.717) is 25.7 Å². The molecule has 2 N–H and O–H groups in total. The molecule has 6 nitrogen and oxygen atoms in total. The standard InChI is InChI=1S/C24H31N5O.HI/c1-20(18-30-19-21-9-4-3-5-10-21)15-26-24(25-2)27-16-22-11-6-7-12-23(22)17-29-14-8-13-28-29;/h3-14,20H,15-19H2,1-2H3,(H2,25,26,27);1H. The molecule has 2 aromatic carbocycles. The van der Waals surface area contributed by atoms with Crippen molar-refractivity contribution in [3.05, 3.63) is 89.7 Å². The summed E-state index contributed by atoms with van der Waals surface area (Å²) in [6.45, 7) is 5.77. The van der Waals surface area contributed by atoms with E-state index in [0.717, 1.165) is 19.0 Å². The van der Waals surface area contributed by atoms with Gasteiger partial charge in [-0.2, -0.15) is 5.10 Å². The number of aliphatic imine (C=N–C) groups is 1. The molecular formula is C24H32IN5O. The largest absolute Gasteiger partial charge is 0.376 e. The monoisotopic (exact) mass is 533 g/mol. The van der Waals surface area contributed by atoms with Gasteiger partial charge in [-0.05, 0) is 28.7 Å². The molecule has 1 heterocycles. The topological polar surface area (TPSA) is 63.5 Å². The maximum atomic E-state index is 5.83. The Morgan fingerprint density at radius 2 is 1.77 bits per heavy atom. The zero-order valence-corrected chi connectivity index (χ0v) is 20.5. The number of guanidine groups is 1. The number of hydrogen-bond donors (Lipinski definition) is 2. The van der Waals surface area contributed by atoms with Crippen LogP contribution in [0.5, 0.6) is 0 Å². The highest BCUT2D eigenvalue weighted by Gasteiger charge is 2.07. The van der Waals surface area contributed by atoms with E-state index >= 15 is 0 Å². The van der Waals surface area contributed by atoms with Crippen LogP contribution in [-0.4, -0.2) is 35.9 Å². The van der Waals surface area contributed by atoms with Crippen molar-refractivity contribution in [1.82, 2.24) is 20.4 Å². The first-order valence-electron chi connectivity index (χ1n) is 10.3.